The summed E-state index contributed by atoms with van der Waals surface area (Å²) in [6, 6.07) is 8.06. The van der Waals surface area contributed by atoms with E-state index in [0.29, 0.717) is 11.8 Å². The van der Waals surface area contributed by atoms with Crippen LogP contribution in [0.5, 0.6) is 5.75 Å². The van der Waals surface area contributed by atoms with Gasteiger partial charge in [0.25, 0.3) is 5.91 Å². The molecule has 2 rings (SSSR count). The van der Waals surface area contributed by atoms with Crippen LogP contribution in [0.1, 0.15) is 51.5 Å². The van der Waals surface area contributed by atoms with E-state index in [-0.39, 0.29) is 12.5 Å². The van der Waals surface area contributed by atoms with Gasteiger partial charge in [0, 0.05) is 13.1 Å². The highest BCUT2D eigenvalue weighted by Crippen LogP contribution is 2.28. The standard InChI is InChI=1S/C18H27NO2/c1-4-15(3)16-9-5-6-10-17(16)21-13-18(20)19-11-7-8-14(2)12-19/h5-6,9-10,14-15H,4,7-8,11-13H2,1-3H3. The first-order chi connectivity index (χ1) is 10.1. The molecule has 1 aromatic rings. The lowest BCUT2D eigenvalue weighted by Crippen LogP contribution is -2.41. The van der Waals surface area contributed by atoms with Gasteiger partial charge < -0.3 is 9.64 Å². The number of piperidine rings is 1. The van der Waals surface area contributed by atoms with Gasteiger partial charge in [-0.15, -0.1) is 0 Å². The molecule has 0 aliphatic carbocycles. The van der Waals surface area contributed by atoms with Crippen LogP contribution < -0.4 is 4.74 Å². The summed E-state index contributed by atoms with van der Waals surface area (Å²) >= 11 is 0. The number of carbonyl (C=O) groups is 1. The van der Waals surface area contributed by atoms with Crippen LogP contribution in [-0.2, 0) is 4.79 Å². The molecule has 3 heteroatoms. The van der Waals surface area contributed by atoms with E-state index in [2.05, 4.69) is 26.8 Å². The molecule has 21 heavy (non-hydrogen) atoms. The zero-order valence-corrected chi connectivity index (χ0v) is 13.5. The molecule has 2 unspecified atom stereocenters. The van der Waals surface area contributed by atoms with Gasteiger partial charge >= 0.3 is 0 Å². The number of rotatable bonds is 5. The van der Waals surface area contributed by atoms with E-state index in [1.807, 2.05) is 23.1 Å². The third kappa shape index (κ3) is 4.23. The van der Waals surface area contributed by atoms with E-state index < -0.39 is 0 Å². The summed E-state index contributed by atoms with van der Waals surface area (Å²) in [5.74, 6) is 2.02. The van der Waals surface area contributed by atoms with Crippen molar-refractivity contribution in [1.82, 2.24) is 4.90 Å². The molecule has 3 nitrogen and oxygen atoms in total. The molecule has 0 aromatic heterocycles. The van der Waals surface area contributed by atoms with Crippen LogP contribution in [0.15, 0.2) is 24.3 Å². The molecule has 0 bridgehead atoms. The summed E-state index contributed by atoms with van der Waals surface area (Å²) in [6.45, 7) is 8.46. The second-order valence-electron chi connectivity index (χ2n) is 6.22. The summed E-state index contributed by atoms with van der Waals surface area (Å²) in [4.78, 5) is 14.2. The van der Waals surface area contributed by atoms with Gasteiger partial charge in [-0.05, 0) is 42.7 Å². The number of amides is 1. The van der Waals surface area contributed by atoms with E-state index in [9.17, 15) is 4.79 Å². The Morgan fingerprint density at radius 2 is 2.19 bits per heavy atom. The third-order valence-electron chi connectivity index (χ3n) is 4.42. The van der Waals surface area contributed by atoms with Gasteiger partial charge in [-0.2, -0.15) is 0 Å². The fourth-order valence-electron chi connectivity index (χ4n) is 2.89. The number of ether oxygens (including phenoxy) is 1. The lowest BCUT2D eigenvalue weighted by molar-refractivity contribution is -0.135. The number of para-hydroxylation sites is 1. The van der Waals surface area contributed by atoms with Crippen LogP contribution in [0.4, 0.5) is 0 Å². The van der Waals surface area contributed by atoms with Crippen LogP contribution in [0.2, 0.25) is 0 Å². The molecule has 1 saturated heterocycles. The number of nitrogens with zero attached hydrogens (tertiary/aromatic N) is 1. The van der Waals surface area contributed by atoms with Crippen molar-refractivity contribution in [3.63, 3.8) is 0 Å². The first-order valence-electron chi connectivity index (χ1n) is 8.11. The van der Waals surface area contributed by atoms with Crippen molar-refractivity contribution in [1.29, 1.82) is 0 Å². The summed E-state index contributed by atoms with van der Waals surface area (Å²) in [7, 11) is 0. The van der Waals surface area contributed by atoms with Crippen molar-refractivity contribution >= 4 is 5.91 Å². The van der Waals surface area contributed by atoms with Gasteiger partial charge in [0.05, 0.1) is 0 Å². The molecule has 0 saturated carbocycles. The number of carbonyl (C=O) groups excluding carboxylic acids is 1. The Hall–Kier alpha value is -1.51. The Morgan fingerprint density at radius 3 is 2.90 bits per heavy atom. The minimum absolute atomic E-state index is 0.112. The van der Waals surface area contributed by atoms with Gasteiger partial charge in [-0.25, -0.2) is 0 Å². The number of benzene rings is 1. The molecule has 2 atom stereocenters. The van der Waals surface area contributed by atoms with Crippen molar-refractivity contribution in [3.8, 4) is 5.75 Å². The fourth-order valence-corrected chi connectivity index (χ4v) is 2.89. The van der Waals surface area contributed by atoms with Crippen molar-refractivity contribution in [3.05, 3.63) is 29.8 Å². The number of hydrogen-bond donors (Lipinski definition) is 0. The van der Waals surface area contributed by atoms with Gasteiger partial charge in [-0.3, -0.25) is 4.79 Å². The predicted octanol–water partition coefficient (Wildman–Crippen LogP) is 3.84. The highest BCUT2D eigenvalue weighted by atomic mass is 16.5. The van der Waals surface area contributed by atoms with Crippen LogP contribution in [0.25, 0.3) is 0 Å². The van der Waals surface area contributed by atoms with Crippen LogP contribution in [0.3, 0.4) is 0 Å². The van der Waals surface area contributed by atoms with Crippen molar-refractivity contribution in [2.24, 2.45) is 5.92 Å². The summed E-state index contributed by atoms with van der Waals surface area (Å²) in [5.41, 5.74) is 1.19. The van der Waals surface area contributed by atoms with Gasteiger partial charge in [-0.1, -0.05) is 39.0 Å². The predicted molar refractivity (Wildman–Crippen MR) is 85.6 cm³/mol. The first-order valence-corrected chi connectivity index (χ1v) is 8.11. The quantitative estimate of drug-likeness (QED) is 0.824. The van der Waals surface area contributed by atoms with E-state index in [1.54, 1.807) is 0 Å². The molecule has 0 N–H and O–H groups in total. The van der Waals surface area contributed by atoms with Gasteiger partial charge in [0.2, 0.25) is 0 Å². The maximum atomic E-state index is 12.3. The Balaban J connectivity index is 1.95. The molecular weight excluding hydrogens is 262 g/mol. The highest BCUT2D eigenvalue weighted by molar-refractivity contribution is 5.77. The van der Waals surface area contributed by atoms with Crippen molar-refractivity contribution < 1.29 is 9.53 Å². The Bertz CT molecular complexity index is 472. The summed E-state index contributed by atoms with van der Waals surface area (Å²) in [6.07, 6.45) is 3.40. The van der Waals surface area contributed by atoms with E-state index in [4.69, 9.17) is 4.74 Å². The van der Waals surface area contributed by atoms with Crippen molar-refractivity contribution in [2.75, 3.05) is 19.7 Å². The molecular formula is C18H27NO2. The van der Waals surface area contributed by atoms with Gasteiger partial charge in [0.1, 0.15) is 5.75 Å². The van der Waals surface area contributed by atoms with Crippen molar-refractivity contribution in [2.45, 2.75) is 46.0 Å². The normalized spacial score (nSPS) is 20.1. The van der Waals surface area contributed by atoms with Crippen LogP contribution >= 0.6 is 0 Å². The second-order valence-corrected chi connectivity index (χ2v) is 6.22. The smallest absolute Gasteiger partial charge is 0.260 e. The molecule has 1 fully saturated rings. The number of likely N-dealkylation sites (tertiary alicyclic amines) is 1. The van der Waals surface area contributed by atoms with E-state index >= 15 is 0 Å². The van der Waals surface area contributed by atoms with Crippen LogP contribution in [0, 0.1) is 5.92 Å². The number of hydrogen-bond acceptors (Lipinski definition) is 2. The molecule has 0 spiro atoms. The fraction of sp³-hybridized carbons (Fsp3) is 0.611. The molecule has 0 radical (unpaired) electrons. The monoisotopic (exact) mass is 289 g/mol. The Labute approximate surface area is 128 Å². The van der Waals surface area contributed by atoms with Crippen LogP contribution in [-0.4, -0.2) is 30.5 Å². The largest absolute Gasteiger partial charge is 0.483 e. The Morgan fingerprint density at radius 1 is 1.43 bits per heavy atom. The summed E-state index contributed by atoms with van der Waals surface area (Å²) < 4.78 is 5.82. The van der Waals surface area contributed by atoms with E-state index in [0.717, 1.165) is 31.7 Å². The highest BCUT2D eigenvalue weighted by Gasteiger charge is 2.21. The van der Waals surface area contributed by atoms with Gasteiger partial charge in [0.15, 0.2) is 6.61 Å². The third-order valence-corrected chi connectivity index (χ3v) is 4.42. The maximum Gasteiger partial charge on any atom is 0.260 e. The Kier molecular flexibility index (Phi) is 5.66. The average Bonchev–Trinajstić information content (AvgIpc) is 2.52. The zero-order valence-electron chi connectivity index (χ0n) is 13.5. The second kappa shape index (κ2) is 7.48. The molecule has 1 amide bonds. The minimum Gasteiger partial charge on any atom is -0.483 e. The average molecular weight is 289 g/mol. The molecule has 1 aliphatic heterocycles. The topological polar surface area (TPSA) is 29.5 Å². The first kappa shape index (κ1) is 15.9. The zero-order chi connectivity index (χ0) is 15.2. The van der Waals surface area contributed by atoms with E-state index in [1.165, 1.54) is 12.0 Å². The maximum absolute atomic E-state index is 12.3. The molecule has 1 aliphatic rings. The molecule has 1 aromatic carbocycles. The molecule has 1 heterocycles. The molecule has 116 valence electrons. The lowest BCUT2D eigenvalue weighted by Gasteiger charge is -2.31. The summed E-state index contributed by atoms with van der Waals surface area (Å²) in [5, 5.41) is 0. The lowest BCUT2D eigenvalue weighted by atomic mass is 9.98. The minimum atomic E-state index is 0.112. The SMILES string of the molecule is CCC(C)c1ccccc1OCC(=O)N1CCCC(C)C1.